The molecule has 0 unspecified atom stereocenters. The molecule has 0 fully saturated rings. The largest absolute Gasteiger partial charge is 0.362 e. The fourth-order valence-electron chi connectivity index (χ4n) is 1.97. The maximum absolute atomic E-state index is 4.74. The molecule has 0 atom stereocenters. The van der Waals surface area contributed by atoms with E-state index in [9.17, 15) is 0 Å². The van der Waals surface area contributed by atoms with Gasteiger partial charge < -0.3 is 10.2 Å². The Labute approximate surface area is 109 Å². The Morgan fingerprint density at radius 2 is 1.94 bits per heavy atom. The van der Waals surface area contributed by atoms with Gasteiger partial charge in [-0.2, -0.15) is 0 Å². The number of anilines is 1. The highest BCUT2D eigenvalue weighted by molar-refractivity contribution is 5.92. The average Bonchev–Trinajstić information content (AvgIpc) is 2.35. The van der Waals surface area contributed by atoms with E-state index in [2.05, 4.69) is 54.4 Å². The maximum Gasteiger partial charge on any atom is 0.136 e. The summed E-state index contributed by atoms with van der Waals surface area (Å²) >= 11 is 0. The molecule has 18 heavy (non-hydrogen) atoms. The summed E-state index contributed by atoms with van der Waals surface area (Å²) in [5.41, 5.74) is 1.09. The molecule has 0 spiro atoms. The van der Waals surface area contributed by atoms with Gasteiger partial charge in [-0.1, -0.05) is 38.1 Å². The first kappa shape index (κ1) is 12.8. The molecule has 1 heterocycles. The van der Waals surface area contributed by atoms with Crippen molar-refractivity contribution in [2.75, 3.05) is 19.0 Å². The second-order valence-corrected chi connectivity index (χ2v) is 5.09. The van der Waals surface area contributed by atoms with Crippen LogP contribution in [0.15, 0.2) is 30.3 Å². The van der Waals surface area contributed by atoms with E-state index in [0.29, 0.717) is 6.04 Å². The molecule has 0 bridgehead atoms. The minimum Gasteiger partial charge on any atom is -0.362 e. The molecule has 96 valence electrons. The summed E-state index contributed by atoms with van der Waals surface area (Å²) in [6, 6.07) is 11.0. The predicted molar refractivity (Wildman–Crippen MR) is 78.0 cm³/mol. The van der Waals surface area contributed by atoms with Crippen LogP contribution in [-0.2, 0) is 6.54 Å². The topological polar surface area (TPSA) is 28.2 Å². The van der Waals surface area contributed by atoms with Crippen molar-refractivity contribution in [1.29, 1.82) is 0 Å². The fraction of sp³-hybridized carbons (Fsp3) is 0.400. The smallest absolute Gasteiger partial charge is 0.136 e. The van der Waals surface area contributed by atoms with Gasteiger partial charge in [0.15, 0.2) is 0 Å². The second kappa shape index (κ2) is 5.36. The van der Waals surface area contributed by atoms with Gasteiger partial charge >= 0.3 is 0 Å². The summed E-state index contributed by atoms with van der Waals surface area (Å²) in [5.74, 6) is 1.04. The molecular weight excluding hydrogens is 222 g/mol. The van der Waals surface area contributed by atoms with Gasteiger partial charge in [-0.15, -0.1) is 0 Å². The zero-order valence-electron chi connectivity index (χ0n) is 11.6. The number of rotatable bonds is 4. The summed E-state index contributed by atoms with van der Waals surface area (Å²) in [6.45, 7) is 5.10. The number of pyridine rings is 1. The lowest BCUT2D eigenvalue weighted by molar-refractivity contribution is 0.582. The molecule has 0 aliphatic carbocycles. The highest BCUT2D eigenvalue weighted by atomic mass is 15.1. The van der Waals surface area contributed by atoms with E-state index in [1.807, 2.05) is 14.1 Å². The van der Waals surface area contributed by atoms with E-state index in [0.717, 1.165) is 18.1 Å². The van der Waals surface area contributed by atoms with E-state index < -0.39 is 0 Å². The number of nitrogens with zero attached hydrogens (tertiary/aromatic N) is 2. The zero-order valence-corrected chi connectivity index (χ0v) is 11.6. The summed E-state index contributed by atoms with van der Waals surface area (Å²) < 4.78 is 0. The van der Waals surface area contributed by atoms with Gasteiger partial charge in [0.2, 0.25) is 0 Å². The lowest BCUT2D eigenvalue weighted by Crippen LogP contribution is -2.23. The lowest BCUT2D eigenvalue weighted by atomic mass is 10.1. The van der Waals surface area contributed by atoms with Crippen molar-refractivity contribution in [2.45, 2.75) is 26.4 Å². The first-order valence-electron chi connectivity index (χ1n) is 6.37. The molecule has 0 aliphatic heterocycles. The summed E-state index contributed by atoms with van der Waals surface area (Å²) in [5, 5.41) is 5.86. The molecule has 0 aliphatic rings. The Kier molecular flexibility index (Phi) is 3.82. The molecular formula is C15H21N3. The van der Waals surface area contributed by atoms with Gasteiger partial charge in [0, 0.05) is 32.1 Å². The molecule has 3 heteroatoms. The zero-order chi connectivity index (χ0) is 13.1. The highest BCUT2D eigenvalue weighted by Crippen LogP contribution is 2.24. The van der Waals surface area contributed by atoms with Crippen LogP contribution in [0, 0.1) is 0 Å². The molecule has 0 saturated carbocycles. The van der Waals surface area contributed by atoms with Crippen LogP contribution in [-0.4, -0.2) is 25.1 Å². The van der Waals surface area contributed by atoms with Crippen LogP contribution in [0.3, 0.4) is 0 Å². The van der Waals surface area contributed by atoms with E-state index in [1.54, 1.807) is 0 Å². The standard InChI is InChI=1S/C15H21N3/c1-11(2)16-10-13-9-12-7-5-6-8-14(12)15(17-13)18(3)4/h5-9,11,16H,10H2,1-4H3. The third-order valence-corrected chi connectivity index (χ3v) is 2.89. The third-order valence-electron chi connectivity index (χ3n) is 2.89. The molecule has 0 saturated heterocycles. The fourth-order valence-corrected chi connectivity index (χ4v) is 1.97. The van der Waals surface area contributed by atoms with Crippen LogP contribution in [0.5, 0.6) is 0 Å². The van der Waals surface area contributed by atoms with Crippen LogP contribution in [0.25, 0.3) is 10.8 Å². The van der Waals surface area contributed by atoms with Gasteiger partial charge in [-0.25, -0.2) is 4.98 Å². The van der Waals surface area contributed by atoms with E-state index in [-0.39, 0.29) is 0 Å². The minimum atomic E-state index is 0.473. The van der Waals surface area contributed by atoms with E-state index in [4.69, 9.17) is 4.98 Å². The first-order valence-corrected chi connectivity index (χ1v) is 6.37. The number of benzene rings is 1. The van der Waals surface area contributed by atoms with Crippen LogP contribution in [0.2, 0.25) is 0 Å². The van der Waals surface area contributed by atoms with Crippen molar-refractivity contribution in [3.63, 3.8) is 0 Å². The molecule has 0 amide bonds. The van der Waals surface area contributed by atoms with Crippen LogP contribution >= 0.6 is 0 Å². The highest BCUT2D eigenvalue weighted by Gasteiger charge is 2.07. The summed E-state index contributed by atoms with van der Waals surface area (Å²) in [4.78, 5) is 6.81. The monoisotopic (exact) mass is 243 g/mol. The Morgan fingerprint density at radius 1 is 1.22 bits per heavy atom. The third kappa shape index (κ3) is 2.79. The summed E-state index contributed by atoms with van der Waals surface area (Å²) in [6.07, 6.45) is 0. The van der Waals surface area contributed by atoms with Gasteiger partial charge in [0.1, 0.15) is 5.82 Å². The summed E-state index contributed by atoms with van der Waals surface area (Å²) in [7, 11) is 4.07. The Hall–Kier alpha value is -1.61. The van der Waals surface area contributed by atoms with Crippen LogP contribution in [0.4, 0.5) is 5.82 Å². The Bertz CT molecular complexity index is 532. The molecule has 2 aromatic rings. The van der Waals surface area contributed by atoms with Gasteiger partial charge in [0.05, 0.1) is 5.69 Å². The van der Waals surface area contributed by atoms with Gasteiger partial charge in [-0.05, 0) is 11.5 Å². The van der Waals surface area contributed by atoms with E-state index in [1.165, 1.54) is 10.8 Å². The molecule has 1 aromatic heterocycles. The molecule has 1 N–H and O–H groups in total. The van der Waals surface area contributed by atoms with Gasteiger partial charge in [0.25, 0.3) is 0 Å². The SMILES string of the molecule is CC(C)NCc1cc2ccccc2c(N(C)C)n1. The molecule has 0 radical (unpaired) electrons. The quantitative estimate of drug-likeness (QED) is 0.895. The first-order chi connectivity index (χ1) is 8.58. The van der Waals surface area contributed by atoms with Crippen molar-refractivity contribution < 1.29 is 0 Å². The molecule has 2 rings (SSSR count). The number of hydrogen-bond donors (Lipinski definition) is 1. The maximum atomic E-state index is 4.74. The average molecular weight is 243 g/mol. The normalized spacial score (nSPS) is 11.2. The van der Waals surface area contributed by atoms with Gasteiger partial charge in [-0.3, -0.25) is 0 Å². The van der Waals surface area contributed by atoms with Crippen LogP contribution < -0.4 is 10.2 Å². The molecule has 1 aromatic carbocycles. The predicted octanol–water partition coefficient (Wildman–Crippen LogP) is 2.80. The Balaban J connectivity index is 2.44. The van der Waals surface area contributed by atoms with Crippen molar-refractivity contribution in [3.05, 3.63) is 36.0 Å². The Morgan fingerprint density at radius 3 is 2.61 bits per heavy atom. The second-order valence-electron chi connectivity index (χ2n) is 5.09. The lowest BCUT2D eigenvalue weighted by Gasteiger charge is -2.16. The van der Waals surface area contributed by atoms with Crippen molar-refractivity contribution in [2.24, 2.45) is 0 Å². The van der Waals surface area contributed by atoms with Crippen molar-refractivity contribution in [1.82, 2.24) is 10.3 Å². The van der Waals surface area contributed by atoms with E-state index >= 15 is 0 Å². The number of aromatic nitrogens is 1. The number of hydrogen-bond acceptors (Lipinski definition) is 3. The minimum absolute atomic E-state index is 0.473. The van der Waals surface area contributed by atoms with Crippen molar-refractivity contribution in [3.8, 4) is 0 Å². The van der Waals surface area contributed by atoms with Crippen molar-refractivity contribution >= 4 is 16.6 Å². The number of nitrogens with one attached hydrogen (secondary N) is 1. The molecule has 3 nitrogen and oxygen atoms in total. The number of fused-ring (bicyclic) bond motifs is 1. The van der Waals surface area contributed by atoms with Crippen LogP contribution in [0.1, 0.15) is 19.5 Å².